The third-order valence-corrected chi connectivity index (χ3v) is 4.59. The highest BCUT2D eigenvalue weighted by Crippen LogP contribution is 2.24. The summed E-state index contributed by atoms with van der Waals surface area (Å²) in [6, 6.07) is 3.07. The normalized spacial score (nSPS) is 17.7. The van der Waals surface area contributed by atoms with Crippen molar-refractivity contribution < 1.29 is 14.0 Å². The van der Waals surface area contributed by atoms with E-state index in [0.29, 0.717) is 29.6 Å². The van der Waals surface area contributed by atoms with Gasteiger partial charge in [-0.2, -0.15) is 0 Å². The van der Waals surface area contributed by atoms with Gasteiger partial charge < -0.3 is 15.1 Å². The van der Waals surface area contributed by atoms with Gasteiger partial charge in [-0.1, -0.05) is 11.8 Å². The van der Waals surface area contributed by atoms with E-state index < -0.39 is 11.9 Å². The second-order valence-electron chi connectivity index (χ2n) is 5.40. The second-order valence-corrected chi connectivity index (χ2v) is 6.33. The summed E-state index contributed by atoms with van der Waals surface area (Å²) in [6.07, 6.45) is 5.69. The van der Waals surface area contributed by atoms with Crippen molar-refractivity contribution in [1.29, 1.82) is 0 Å². The molecule has 0 bridgehead atoms. The molecule has 0 aromatic carbocycles. The van der Waals surface area contributed by atoms with E-state index in [1.165, 1.54) is 0 Å². The summed E-state index contributed by atoms with van der Waals surface area (Å²) in [7, 11) is 0. The number of rotatable bonds is 5. The number of nitrogens with two attached hydrogens (primary N) is 1. The molecule has 2 amide bonds. The van der Waals surface area contributed by atoms with E-state index >= 15 is 0 Å². The van der Waals surface area contributed by atoms with E-state index in [2.05, 4.69) is 15.2 Å². The summed E-state index contributed by atoms with van der Waals surface area (Å²) in [5, 5.41) is 8.16. The highest BCUT2D eigenvalue weighted by atomic mass is 32.2. The van der Waals surface area contributed by atoms with Crippen LogP contribution in [0.15, 0.2) is 34.2 Å². The lowest BCUT2D eigenvalue weighted by molar-refractivity contribution is -0.138. The topological polar surface area (TPSA) is 115 Å². The average Bonchev–Trinajstić information content (AvgIpc) is 3.09. The molecule has 1 aliphatic heterocycles. The number of hydrogen-bond acceptors (Lipinski definition) is 7. The minimum Gasteiger partial charge on any atom is -0.411 e. The molecule has 2 N–H and O–H groups in total. The second kappa shape index (κ2) is 7.43. The van der Waals surface area contributed by atoms with Crippen LogP contribution in [-0.4, -0.2) is 50.2 Å². The summed E-state index contributed by atoms with van der Waals surface area (Å²) in [5.74, 6) is -0.126. The first-order valence-corrected chi connectivity index (χ1v) is 8.59. The van der Waals surface area contributed by atoms with Crippen LogP contribution < -0.4 is 5.73 Å². The molecule has 0 aliphatic carbocycles. The van der Waals surface area contributed by atoms with Crippen molar-refractivity contribution in [3.8, 4) is 11.5 Å². The van der Waals surface area contributed by atoms with Crippen LogP contribution in [0.1, 0.15) is 19.3 Å². The van der Waals surface area contributed by atoms with Gasteiger partial charge in [-0.25, -0.2) is 0 Å². The van der Waals surface area contributed by atoms with E-state index in [1.807, 2.05) is 6.07 Å². The molecule has 9 heteroatoms. The lowest BCUT2D eigenvalue weighted by Crippen LogP contribution is -2.51. The molecule has 1 saturated heterocycles. The smallest absolute Gasteiger partial charge is 0.277 e. The molecule has 0 unspecified atom stereocenters. The average molecular weight is 347 g/mol. The van der Waals surface area contributed by atoms with Gasteiger partial charge >= 0.3 is 0 Å². The monoisotopic (exact) mass is 347 g/mol. The zero-order valence-corrected chi connectivity index (χ0v) is 13.7. The first-order chi connectivity index (χ1) is 11.6. The molecule has 3 heterocycles. The molecule has 126 valence electrons. The summed E-state index contributed by atoms with van der Waals surface area (Å²) in [4.78, 5) is 29.4. The maximum absolute atomic E-state index is 12.4. The number of hydrogen-bond donors (Lipinski definition) is 1. The Balaban J connectivity index is 1.60. The van der Waals surface area contributed by atoms with Crippen LogP contribution in [0.3, 0.4) is 0 Å². The Kier molecular flexibility index (Phi) is 5.09. The van der Waals surface area contributed by atoms with Crippen molar-refractivity contribution in [2.24, 2.45) is 5.73 Å². The first kappa shape index (κ1) is 16.4. The highest BCUT2D eigenvalue weighted by Gasteiger charge is 2.30. The van der Waals surface area contributed by atoms with Crippen molar-refractivity contribution in [3.05, 3.63) is 24.5 Å². The molecule has 0 radical (unpaired) electrons. The van der Waals surface area contributed by atoms with E-state index in [1.54, 1.807) is 23.4 Å². The lowest BCUT2D eigenvalue weighted by Gasteiger charge is -2.33. The van der Waals surface area contributed by atoms with Crippen molar-refractivity contribution in [2.75, 3.05) is 12.3 Å². The van der Waals surface area contributed by atoms with Crippen LogP contribution in [0.5, 0.6) is 0 Å². The predicted molar refractivity (Wildman–Crippen MR) is 86.8 cm³/mol. The van der Waals surface area contributed by atoms with Gasteiger partial charge in [0.2, 0.25) is 17.7 Å². The zero-order chi connectivity index (χ0) is 16.9. The van der Waals surface area contributed by atoms with Crippen LogP contribution in [0.25, 0.3) is 11.5 Å². The Morgan fingerprint density at radius 1 is 1.38 bits per heavy atom. The number of carbonyl (C=O) groups is 2. The molecule has 1 aliphatic rings. The SMILES string of the molecule is NC(=O)[C@H]1CCCCN1C(=O)CSc1nnc(-c2cccnc2)o1. The largest absolute Gasteiger partial charge is 0.411 e. The minimum absolute atomic E-state index is 0.123. The Hall–Kier alpha value is -2.42. The number of aromatic nitrogens is 3. The third-order valence-electron chi connectivity index (χ3n) is 3.79. The summed E-state index contributed by atoms with van der Waals surface area (Å²) < 4.78 is 5.52. The number of thioether (sulfide) groups is 1. The number of pyridine rings is 1. The van der Waals surface area contributed by atoms with E-state index in [-0.39, 0.29) is 11.7 Å². The summed E-state index contributed by atoms with van der Waals surface area (Å²) in [5.41, 5.74) is 6.10. The Labute approximate surface area is 142 Å². The molecule has 0 spiro atoms. The minimum atomic E-state index is -0.513. The van der Waals surface area contributed by atoms with Crippen molar-refractivity contribution >= 4 is 23.6 Å². The molecule has 2 aromatic rings. The molecule has 2 aromatic heterocycles. The van der Waals surface area contributed by atoms with Crippen LogP contribution >= 0.6 is 11.8 Å². The van der Waals surface area contributed by atoms with Gasteiger partial charge in [0, 0.05) is 18.9 Å². The Morgan fingerprint density at radius 3 is 3.00 bits per heavy atom. The van der Waals surface area contributed by atoms with E-state index in [9.17, 15) is 9.59 Å². The maximum atomic E-state index is 12.4. The van der Waals surface area contributed by atoms with Gasteiger partial charge in [-0.05, 0) is 31.4 Å². The quantitative estimate of drug-likeness (QED) is 0.805. The molecule has 1 fully saturated rings. The lowest BCUT2D eigenvalue weighted by atomic mass is 10.0. The van der Waals surface area contributed by atoms with Gasteiger partial charge in [-0.15, -0.1) is 10.2 Å². The van der Waals surface area contributed by atoms with Crippen molar-refractivity contribution in [3.63, 3.8) is 0 Å². The van der Waals surface area contributed by atoms with E-state index in [4.69, 9.17) is 10.2 Å². The number of nitrogens with zero attached hydrogens (tertiary/aromatic N) is 4. The molecule has 8 nitrogen and oxygen atoms in total. The van der Waals surface area contributed by atoms with Gasteiger partial charge in [0.1, 0.15) is 6.04 Å². The van der Waals surface area contributed by atoms with Crippen LogP contribution in [0.4, 0.5) is 0 Å². The fourth-order valence-electron chi connectivity index (χ4n) is 2.61. The number of primary amides is 1. The number of carbonyl (C=O) groups excluding carboxylic acids is 2. The van der Waals surface area contributed by atoms with Crippen LogP contribution in [-0.2, 0) is 9.59 Å². The Bertz CT molecular complexity index is 721. The number of likely N-dealkylation sites (tertiary alicyclic amines) is 1. The maximum Gasteiger partial charge on any atom is 0.277 e. The molecule has 0 saturated carbocycles. The van der Waals surface area contributed by atoms with Crippen molar-refractivity contribution in [1.82, 2.24) is 20.1 Å². The molecule has 1 atom stereocenters. The first-order valence-electron chi connectivity index (χ1n) is 7.60. The molecule has 3 rings (SSSR count). The highest BCUT2D eigenvalue weighted by molar-refractivity contribution is 7.99. The Morgan fingerprint density at radius 2 is 2.25 bits per heavy atom. The fourth-order valence-corrected chi connectivity index (χ4v) is 3.26. The van der Waals surface area contributed by atoms with Gasteiger partial charge in [-0.3, -0.25) is 14.6 Å². The fraction of sp³-hybridized carbons (Fsp3) is 0.400. The number of amides is 2. The van der Waals surface area contributed by atoms with E-state index in [0.717, 1.165) is 24.6 Å². The molecular weight excluding hydrogens is 330 g/mol. The van der Waals surface area contributed by atoms with Gasteiger partial charge in [0.15, 0.2) is 0 Å². The third kappa shape index (κ3) is 3.73. The zero-order valence-electron chi connectivity index (χ0n) is 12.9. The van der Waals surface area contributed by atoms with Crippen LogP contribution in [0.2, 0.25) is 0 Å². The number of piperidine rings is 1. The molecule has 24 heavy (non-hydrogen) atoms. The summed E-state index contributed by atoms with van der Waals surface area (Å²) in [6.45, 7) is 0.553. The van der Waals surface area contributed by atoms with Gasteiger partial charge in [0.05, 0.1) is 11.3 Å². The van der Waals surface area contributed by atoms with Gasteiger partial charge in [0.25, 0.3) is 5.22 Å². The predicted octanol–water partition coefficient (Wildman–Crippen LogP) is 1.09. The summed E-state index contributed by atoms with van der Waals surface area (Å²) >= 11 is 1.15. The molecular formula is C15H17N5O3S. The standard InChI is InChI=1S/C15H17N5O3S/c16-13(22)11-5-1-2-7-20(11)12(21)9-24-15-19-18-14(23-15)10-4-3-6-17-8-10/h3-4,6,8,11H,1-2,5,7,9H2,(H2,16,22)/t11-/m1/s1. The van der Waals surface area contributed by atoms with Crippen molar-refractivity contribution in [2.45, 2.75) is 30.5 Å². The van der Waals surface area contributed by atoms with Crippen LogP contribution in [0, 0.1) is 0 Å².